The number of benzene rings is 2. The number of carbonyl (C=O) groups excluding carboxylic acids is 2. The molecule has 7 nitrogen and oxygen atoms in total. The summed E-state index contributed by atoms with van der Waals surface area (Å²) >= 11 is 0. The van der Waals surface area contributed by atoms with Crippen molar-refractivity contribution in [3.8, 4) is 5.75 Å². The van der Waals surface area contributed by atoms with Crippen LogP contribution >= 0.6 is 0 Å². The van der Waals surface area contributed by atoms with Crippen molar-refractivity contribution in [3.63, 3.8) is 0 Å². The second kappa shape index (κ2) is 8.41. The van der Waals surface area contributed by atoms with Crippen LogP contribution in [0, 0.1) is 0 Å². The van der Waals surface area contributed by atoms with Gasteiger partial charge in [0.15, 0.2) is 5.60 Å². The number of amides is 2. The minimum Gasteiger partial charge on any atom is -0.478 e. The molecule has 1 unspecified atom stereocenters. The van der Waals surface area contributed by atoms with Crippen LogP contribution in [-0.2, 0) is 22.4 Å². The molecule has 0 aromatic heterocycles. The Bertz CT molecular complexity index is 1020. The van der Waals surface area contributed by atoms with E-state index in [1.807, 2.05) is 32.0 Å². The van der Waals surface area contributed by atoms with E-state index < -0.39 is 17.6 Å². The molecule has 2 aromatic rings. The van der Waals surface area contributed by atoms with Crippen LogP contribution in [0.5, 0.6) is 5.75 Å². The third-order valence-electron chi connectivity index (χ3n) is 5.58. The number of nitrogens with zero attached hydrogens (tertiary/aromatic N) is 1. The van der Waals surface area contributed by atoms with Crippen LogP contribution in [0.4, 0.5) is 11.4 Å². The summed E-state index contributed by atoms with van der Waals surface area (Å²) in [5.41, 5.74) is 2.02. The second-order valence-electron chi connectivity index (χ2n) is 8.10. The van der Waals surface area contributed by atoms with E-state index in [0.29, 0.717) is 5.69 Å². The number of carboxylic acids is 1. The Balaban J connectivity index is 1.99. The van der Waals surface area contributed by atoms with Gasteiger partial charge >= 0.3 is 5.97 Å². The van der Waals surface area contributed by atoms with Gasteiger partial charge in [-0.2, -0.15) is 0 Å². The van der Waals surface area contributed by atoms with Gasteiger partial charge in [0.25, 0.3) is 5.91 Å². The van der Waals surface area contributed by atoms with Crippen molar-refractivity contribution in [2.45, 2.75) is 59.1 Å². The van der Waals surface area contributed by atoms with Crippen molar-refractivity contribution in [1.82, 2.24) is 0 Å². The SMILES string of the molecule is CCc1cccc(CC)c1NC(=O)C(C)N1C(=O)C(C)(C)Oc2cc(C(=O)O)ccc21. The molecule has 0 bridgehead atoms. The van der Waals surface area contributed by atoms with Crippen LogP contribution in [0.2, 0.25) is 0 Å². The highest BCUT2D eigenvalue weighted by Crippen LogP contribution is 2.40. The van der Waals surface area contributed by atoms with E-state index in [4.69, 9.17) is 4.74 Å². The lowest BCUT2D eigenvalue weighted by Crippen LogP contribution is -2.58. The molecule has 0 spiro atoms. The fraction of sp³-hybridized carbons (Fsp3) is 0.375. The fourth-order valence-electron chi connectivity index (χ4n) is 3.78. The van der Waals surface area contributed by atoms with Crippen LogP contribution in [0.3, 0.4) is 0 Å². The largest absolute Gasteiger partial charge is 0.478 e. The predicted octanol–water partition coefficient (Wildman–Crippen LogP) is 4.04. The number of aryl methyl sites for hydroxylation is 2. The van der Waals surface area contributed by atoms with E-state index in [0.717, 1.165) is 29.7 Å². The van der Waals surface area contributed by atoms with Gasteiger partial charge in [-0.25, -0.2) is 4.79 Å². The van der Waals surface area contributed by atoms with Crippen molar-refractivity contribution in [2.75, 3.05) is 10.2 Å². The molecule has 164 valence electrons. The zero-order valence-corrected chi connectivity index (χ0v) is 18.5. The van der Waals surface area contributed by atoms with Crippen molar-refractivity contribution < 1.29 is 24.2 Å². The molecule has 1 atom stereocenters. The first-order valence-electron chi connectivity index (χ1n) is 10.4. The van der Waals surface area contributed by atoms with Gasteiger partial charge < -0.3 is 15.2 Å². The molecule has 7 heteroatoms. The summed E-state index contributed by atoms with van der Waals surface area (Å²) in [5, 5.41) is 12.3. The van der Waals surface area contributed by atoms with Crippen LogP contribution < -0.4 is 15.0 Å². The molecule has 2 N–H and O–H groups in total. The molecule has 1 heterocycles. The monoisotopic (exact) mass is 424 g/mol. The molecule has 0 saturated carbocycles. The maximum absolute atomic E-state index is 13.2. The van der Waals surface area contributed by atoms with Crippen LogP contribution in [0.25, 0.3) is 0 Å². The highest BCUT2D eigenvalue weighted by atomic mass is 16.5. The molecule has 3 rings (SSSR count). The second-order valence-corrected chi connectivity index (χ2v) is 8.10. The molecule has 31 heavy (non-hydrogen) atoms. The van der Waals surface area contributed by atoms with E-state index in [-0.39, 0.29) is 23.1 Å². The summed E-state index contributed by atoms with van der Waals surface area (Å²) in [6.45, 7) is 8.91. The quantitative estimate of drug-likeness (QED) is 0.730. The maximum atomic E-state index is 13.2. The smallest absolute Gasteiger partial charge is 0.335 e. The van der Waals surface area contributed by atoms with E-state index >= 15 is 0 Å². The number of carboxylic acid groups (broad SMARTS) is 1. The first kappa shape index (κ1) is 22.3. The summed E-state index contributed by atoms with van der Waals surface area (Å²) in [5.74, 6) is -1.53. The average Bonchev–Trinajstić information content (AvgIpc) is 2.73. The lowest BCUT2D eigenvalue weighted by atomic mass is 10.00. The van der Waals surface area contributed by atoms with Crippen molar-refractivity contribution >= 4 is 29.2 Å². The Labute approximate surface area is 182 Å². The highest BCUT2D eigenvalue weighted by Gasteiger charge is 2.44. The minimum atomic E-state index is -1.24. The van der Waals surface area contributed by atoms with Crippen molar-refractivity contribution in [3.05, 3.63) is 53.1 Å². The maximum Gasteiger partial charge on any atom is 0.335 e. The number of rotatable bonds is 6. The van der Waals surface area contributed by atoms with E-state index in [1.54, 1.807) is 20.8 Å². The number of anilines is 2. The average molecular weight is 424 g/mol. The van der Waals surface area contributed by atoms with Crippen LogP contribution in [0.1, 0.15) is 56.1 Å². The van der Waals surface area contributed by atoms with Gasteiger partial charge in [-0.05, 0) is 62.9 Å². The number of para-hydroxylation sites is 1. The molecule has 2 aromatic carbocycles. The Morgan fingerprint density at radius 1 is 1.13 bits per heavy atom. The van der Waals surface area contributed by atoms with Gasteiger partial charge in [-0.3, -0.25) is 14.5 Å². The summed E-state index contributed by atoms with van der Waals surface area (Å²) in [4.78, 5) is 39.2. The number of fused-ring (bicyclic) bond motifs is 1. The first-order valence-corrected chi connectivity index (χ1v) is 10.4. The van der Waals surface area contributed by atoms with E-state index in [9.17, 15) is 19.5 Å². The Hall–Kier alpha value is -3.35. The predicted molar refractivity (Wildman–Crippen MR) is 119 cm³/mol. The molecule has 1 aliphatic heterocycles. The van der Waals surface area contributed by atoms with Crippen LogP contribution in [-0.4, -0.2) is 34.5 Å². The molecule has 0 fully saturated rings. The van der Waals surface area contributed by atoms with Gasteiger partial charge in [-0.15, -0.1) is 0 Å². The molecule has 0 radical (unpaired) electrons. The highest BCUT2D eigenvalue weighted by molar-refractivity contribution is 6.10. The Morgan fingerprint density at radius 2 is 1.74 bits per heavy atom. The number of aromatic carboxylic acids is 1. The fourth-order valence-corrected chi connectivity index (χ4v) is 3.78. The van der Waals surface area contributed by atoms with Gasteiger partial charge in [-0.1, -0.05) is 32.0 Å². The zero-order chi connectivity index (χ0) is 22.9. The van der Waals surface area contributed by atoms with Gasteiger partial charge in [0, 0.05) is 5.69 Å². The summed E-state index contributed by atoms with van der Waals surface area (Å²) in [6.07, 6.45) is 1.53. The molecular weight excluding hydrogens is 396 g/mol. The third-order valence-corrected chi connectivity index (χ3v) is 5.58. The standard InChI is InChI=1S/C24H28N2O5/c1-6-15-9-8-10-16(7-2)20(15)25-21(27)14(3)26-18-12-11-17(22(28)29)13-19(18)31-24(4,5)23(26)30/h8-14H,6-7H2,1-5H3,(H,25,27)(H,28,29). The van der Waals surface area contributed by atoms with Gasteiger partial charge in [0.05, 0.1) is 11.3 Å². The number of ether oxygens (including phenoxy) is 1. The topological polar surface area (TPSA) is 95.9 Å². The molecular formula is C24H28N2O5. The van der Waals surface area contributed by atoms with Crippen LogP contribution in [0.15, 0.2) is 36.4 Å². The number of hydrogen-bond acceptors (Lipinski definition) is 4. The number of hydrogen-bond donors (Lipinski definition) is 2. The Morgan fingerprint density at radius 3 is 2.29 bits per heavy atom. The lowest BCUT2D eigenvalue weighted by molar-refractivity contribution is -0.134. The van der Waals surface area contributed by atoms with Crippen molar-refractivity contribution in [1.29, 1.82) is 0 Å². The number of nitrogens with one attached hydrogen (secondary N) is 1. The van der Waals surface area contributed by atoms with E-state index in [2.05, 4.69) is 5.32 Å². The van der Waals surface area contributed by atoms with E-state index in [1.165, 1.54) is 23.1 Å². The molecule has 0 saturated heterocycles. The molecule has 1 aliphatic rings. The zero-order valence-electron chi connectivity index (χ0n) is 18.5. The number of carbonyl (C=O) groups is 3. The third kappa shape index (κ3) is 4.13. The summed E-state index contributed by atoms with van der Waals surface area (Å²) < 4.78 is 5.79. The molecule has 2 amide bonds. The summed E-state index contributed by atoms with van der Waals surface area (Å²) in [7, 11) is 0. The minimum absolute atomic E-state index is 0.0467. The normalized spacial score (nSPS) is 15.6. The Kier molecular flexibility index (Phi) is 6.06. The first-order chi connectivity index (χ1) is 14.6. The van der Waals surface area contributed by atoms with Gasteiger partial charge in [0.1, 0.15) is 11.8 Å². The van der Waals surface area contributed by atoms with Gasteiger partial charge in [0.2, 0.25) is 5.91 Å². The lowest BCUT2D eigenvalue weighted by Gasteiger charge is -2.41. The summed E-state index contributed by atoms with van der Waals surface area (Å²) in [6, 6.07) is 9.38. The molecule has 0 aliphatic carbocycles. The van der Waals surface area contributed by atoms with Crippen molar-refractivity contribution in [2.24, 2.45) is 0 Å².